The van der Waals surface area contributed by atoms with Crippen molar-refractivity contribution < 1.29 is 36.3 Å². The highest BCUT2D eigenvalue weighted by atomic mass is 32.2. The van der Waals surface area contributed by atoms with E-state index < -0.39 is 62.4 Å². The largest absolute Gasteiger partial charge is 0.480 e. The number of hydrogen-bond donors (Lipinski definition) is 1. The van der Waals surface area contributed by atoms with Gasteiger partial charge in [0.15, 0.2) is 5.03 Å². The van der Waals surface area contributed by atoms with Crippen LogP contribution in [0.5, 0.6) is 0 Å². The summed E-state index contributed by atoms with van der Waals surface area (Å²) in [6, 6.07) is 14.8. The fraction of sp³-hybridized carbons (Fsp3) is 0.281. The Morgan fingerprint density at radius 2 is 1.64 bits per heavy atom. The molecule has 6 rings (SSSR count). The van der Waals surface area contributed by atoms with Gasteiger partial charge in [0, 0.05) is 32.2 Å². The van der Waals surface area contributed by atoms with Crippen LogP contribution in [0.1, 0.15) is 45.9 Å². The number of aromatic nitrogens is 1. The minimum absolute atomic E-state index is 0.0816. The summed E-state index contributed by atoms with van der Waals surface area (Å²) >= 11 is 0. The third-order valence-corrected chi connectivity index (χ3v) is 10.3. The van der Waals surface area contributed by atoms with Crippen LogP contribution in [-0.4, -0.2) is 65.9 Å². The maximum Gasteiger partial charge on any atom is 0.416 e. The van der Waals surface area contributed by atoms with E-state index in [2.05, 4.69) is 0 Å². The van der Waals surface area contributed by atoms with Crippen molar-refractivity contribution in [2.75, 3.05) is 26.7 Å². The smallest absolute Gasteiger partial charge is 0.416 e. The molecule has 13 heteroatoms. The van der Waals surface area contributed by atoms with Crippen molar-refractivity contribution in [2.45, 2.75) is 36.5 Å². The van der Waals surface area contributed by atoms with Crippen LogP contribution in [0.2, 0.25) is 0 Å². The molecule has 0 spiro atoms. The van der Waals surface area contributed by atoms with Crippen molar-refractivity contribution in [1.82, 2.24) is 13.8 Å². The van der Waals surface area contributed by atoms with E-state index >= 15 is 0 Å². The minimum Gasteiger partial charge on any atom is -0.480 e. The first-order valence-corrected chi connectivity index (χ1v) is 15.7. The van der Waals surface area contributed by atoms with Crippen molar-refractivity contribution in [1.29, 1.82) is 0 Å². The van der Waals surface area contributed by atoms with Gasteiger partial charge in [0.2, 0.25) is 0 Å². The van der Waals surface area contributed by atoms with Crippen molar-refractivity contribution in [3.8, 4) is 11.1 Å². The Morgan fingerprint density at radius 3 is 2.33 bits per heavy atom. The molecule has 1 aromatic heterocycles. The molecule has 1 N–H and O–H groups in total. The predicted octanol–water partition coefficient (Wildman–Crippen LogP) is 4.77. The molecule has 2 aliphatic heterocycles. The lowest BCUT2D eigenvalue weighted by molar-refractivity contribution is -0.141. The summed E-state index contributed by atoms with van der Waals surface area (Å²) in [4.78, 5) is 42.5. The molecule has 0 aliphatic carbocycles. The number of pyridine rings is 1. The normalized spacial score (nSPS) is 18.2. The molecule has 9 nitrogen and oxygen atoms in total. The molecule has 0 bridgehead atoms. The molecule has 1 saturated heterocycles. The third-order valence-electron chi connectivity index (χ3n) is 8.48. The monoisotopic (exact) mass is 639 g/mol. The molecular formula is C32H28F3N3O6S. The van der Waals surface area contributed by atoms with E-state index in [1.54, 1.807) is 18.2 Å². The number of aliphatic carboxylic acids is 1. The SMILES string of the molecule is CN1CC(C(=O)O)n2c(c(-c3cccc(C(F)(F)F)c3)c(Cc3cccc4ccccc34)c(C(=O)N3CCCC3)c2=O)S1(=O)=O. The highest BCUT2D eigenvalue weighted by Crippen LogP contribution is 2.41. The summed E-state index contributed by atoms with van der Waals surface area (Å²) < 4.78 is 71.3. The zero-order chi connectivity index (χ0) is 32.3. The van der Waals surface area contributed by atoms with Crippen LogP contribution < -0.4 is 5.56 Å². The number of nitrogens with zero attached hydrogens (tertiary/aromatic N) is 3. The first-order valence-electron chi connectivity index (χ1n) is 14.2. The van der Waals surface area contributed by atoms with Crippen LogP contribution in [0.15, 0.2) is 76.6 Å². The highest BCUT2D eigenvalue weighted by molar-refractivity contribution is 7.89. The maximum atomic E-state index is 14.4. The van der Waals surface area contributed by atoms with E-state index in [-0.39, 0.29) is 23.1 Å². The fourth-order valence-electron chi connectivity index (χ4n) is 6.27. The van der Waals surface area contributed by atoms with Crippen LogP contribution in [0.25, 0.3) is 21.9 Å². The standard InChI is InChI=1S/C32H28F3N3O6S/c1-36-18-25(31(41)42)38-29(40)27(28(39)37-14-4-5-15-37)24(17-20-10-6-9-19-8-2-3-13-23(19)20)26(30(38)45(36,43)44)21-11-7-12-22(16-21)32(33,34)35/h2-3,6-13,16,25H,4-5,14-15,17-18H2,1H3,(H,41,42). The second kappa shape index (κ2) is 11.1. The van der Waals surface area contributed by atoms with Crippen LogP contribution in [0.4, 0.5) is 13.2 Å². The fourth-order valence-corrected chi connectivity index (χ4v) is 7.86. The number of likely N-dealkylation sites (tertiary alicyclic amines) is 1. The third kappa shape index (κ3) is 5.19. The average molecular weight is 640 g/mol. The lowest BCUT2D eigenvalue weighted by atomic mass is 9.89. The first kappa shape index (κ1) is 30.5. The number of halogens is 3. The van der Waals surface area contributed by atoms with Crippen molar-refractivity contribution in [3.05, 3.63) is 99.3 Å². The van der Waals surface area contributed by atoms with E-state index in [0.717, 1.165) is 40.3 Å². The Morgan fingerprint density at radius 1 is 0.978 bits per heavy atom. The van der Waals surface area contributed by atoms with Gasteiger partial charge in [0.25, 0.3) is 21.5 Å². The number of likely N-dealkylation sites (N-methyl/N-ethyl adjacent to an activating group) is 1. The second-order valence-corrected chi connectivity index (χ2v) is 13.2. The number of fused-ring (bicyclic) bond motifs is 2. The number of carbonyl (C=O) groups is 2. The maximum absolute atomic E-state index is 14.4. The van der Waals surface area contributed by atoms with Crippen molar-refractivity contribution in [3.63, 3.8) is 0 Å². The van der Waals surface area contributed by atoms with E-state index in [1.807, 2.05) is 24.3 Å². The summed E-state index contributed by atoms with van der Waals surface area (Å²) in [5.74, 6) is -2.26. The molecular weight excluding hydrogens is 611 g/mol. The Labute approximate surface area is 256 Å². The molecule has 1 atom stereocenters. The minimum atomic E-state index is -4.80. The van der Waals surface area contributed by atoms with E-state index in [4.69, 9.17) is 0 Å². The van der Waals surface area contributed by atoms with Crippen LogP contribution >= 0.6 is 0 Å². The van der Waals surface area contributed by atoms with Gasteiger partial charge in [0.05, 0.1) is 5.56 Å². The van der Waals surface area contributed by atoms with Gasteiger partial charge >= 0.3 is 12.1 Å². The second-order valence-electron chi connectivity index (χ2n) is 11.2. The summed E-state index contributed by atoms with van der Waals surface area (Å²) in [6.07, 6.45) is -3.67. The van der Waals surface area contributed by atoms with Gasteiger partial charge in [0.1, 0.15) is 11.6 Å². The van der Waals surface area contributed by atoms with E-state index in [1.165, 1.54) is 11.0 Å². The number of carbonyl (C=O) groups excluding carboxylic acids is 1. The summed E-state index contributed by atoms with van der Waals surface area (Å²) in [7, 11) is -3.49. The average Bonchev–Trinajstić information content (AvgIpc) is 3.54. The van der Waals surface area contributed by atoms with Gasteiger partial charge in [-0.25, -0.2) is 13.2 Å². The predicted molar refractivity (Wildman–Crippen MR) is 160 cm³/mol. The summed E-state index contributed by atoms with van der Waals surface area (Å²) in [6.45, 7) is 0.0126. The number of rotatable bonds is 5. The van der Waals surface area contributed by atoms with Gasteiger partial charge in [-0.15, -0.1) is 0 Å². The first-order chi connectivity index (χ1) is 21.3. The molecule has 0 radical (unpaired) electrons. The molecule has 0 saturated carbocycles. The quantitative estimate of drug-likeness (QED) is 0.336. The molecule has 2 aliphatic rings. The summed E-state index contributed by atoms with van der Waals surface area (Å²) in [5.41, 5.74) is -2.66. The molecule has 1 amide bonds. The highest BCUT2D eigenvalue weighted by Gasteiger charge is 2.44. The van der Waals surface area contributed by atoms with E-state index in [0.29, 0.717) is 36.1 Å². The number of benzene rings is 3. The molecule has 1 fully saturated rings. The van der Waals surface area contributed by atoms with Gasteiger partial charge < -0.3 is 10.0 Å². The van der Waals surface area contributed by atoms with Crippen LogP contribution in [-0.2, 0) is 27.4 Å². The zero-order valence-corrected chi connectivity index (χ0v) is 24.9. The van der Waals surface area contributed by atoms with Crippen LogP contribution in [0, 0.1) is 0 Å². The Bertz CT molecular complexity index is 2030. The Balaban J connectivity index is 1.80. The zero-order valence-electron chi connectivity index (χ0n) is 24.0. The number of amides is 1. The Hall–Kier alpha value is -4.49. The lowest BCUT2D eigenvalue weighted by Gasteiger charge is -2.34. The number of hydrogen-bond acceptors (Lipinski definition) is 5. The molecule has 1 unspecified atom stereocenters. The van der Waals surface area contributed by atoms with Crippen molar-refractivity contribution in [2.24, 2.45) is 0 Å². The van der Waals surface area contributed by atoms with E-state index in [9.17, 15) is 41.1 Å². The number of carboxylic acid groups (broad SMARTS) is 1. The number of sulfonamides is 1. The van der Waals surface area contributed by atoms with Gasteiger partial charge in [-0.3, -0.25) is 14.2 Å². The molecule has 234 valence electrons. The molecule has 3 aromatic carbocycles. The molecule has 3 heterocycles. The summed E-state index contributed by atoms with van der Waals surface area (Å²) in [5, 5.41) is 10.9. The van der Waals surface area contributed by atoms with Gasteiger partial charge in [-0.1, -0.05) is 54.6 Å². The Kier molecular flexibility index (Phi) is 7.56. The van der Waals surface area contributed by atoms with Crippen LogP contribution in [0.3, 0.4) is 0 Å². The molecule has 4 aromatic rings. The molecule has 45 heavy (non-hydrogen) atoms. The topological polar surface area (TPSA) is 117 Å². The number of carboxylic acids is 1. The number of alkyl halides is 3. The van der Waals surface area contributed by atoms with Gasteiger partial charge in [-0.2, -0.15) is 17.5 Å². The van der Waals surface area contributed by atoms with Gasteiger partial charge in [-0.05, 0) is 58.9 Å². The van der Waals surface area contributed by atoms with Crippen molar-refractivity contribution >= 4 is 32.7 Å². The lowest BCUT2D eigenvalue weighted by Crippen LogP contribution is -2.50.